The molecule has 5 heteroatoms. The van der Waals surface area contributed by atoms with Crippen LogP contribution in [0.5, 0.6) is 11.5 Å². The smallest absolute Gasteiger partial charge is 0.161 e. The van der Waals surface area contributed by atoms with E-state index in [9.17, 15) is 0 Å². The SMILES string of the molecule is CCOc1cc(CNc2cc(Cl)cc(Cl)c2)ccc1OCc1ccccc1. The number of nitrogens with one attached hydrogen (secondary N) is 1. The van der Waals surface area contributed by atoms with E-state index in [4.69, 9.17) is 32.7 Å². The minimum Gasteiger partial charge on any atom is -0.490 e. The van der Waals surface area contributed by atoms with Gasteiger partial charge in [0.2, 0.25) is 0 Å². The minimum absolute atomic E-state index is 0.500. The fraction of sp³-hybridized carbons (Fsp3) is 0.182. The van der Waals surface area contributed by atoms with E-state index in [0.29, 0.717) is 29.8 Å². The van der Waals surface area contributed by atoms with Crippen molar-refractivity contribution in [3.05, 3.63) is 87.9 Å². The van der Waals surface area contributed by atoms with Crippen molar-refractivity contribution in [2.75, 3.05) is 11.9 Å². The van der Waals surface area contributed by atoms with Gasteiger partial charge in [0.15, 0.2) is 11.5 Å². The topological polar surface area (TPSA) is 30.5 Å². The van der Waals surface area contributed by atoms with Crippen LogP contribution in [0.15, 0.2) is 66.7 Å². The van der Waals surface area contributed by atoms with E-state index in [1.165, 1.54) is 0 Å². The maximum Gasteiger partial charge on any atom is 0.161 e. The summed E-state index contributed by atoms with van der Waals surface area (Å²) in [6.45, 7) is 3.65. The Morgan fingerprint density at radius 2 is 1.52 bits per heavy atom. The van der Waals surface area contributed by atoms with Gasteiger partial charge in [0.25, 0.3) is 0 Å². The Morgan fingerprint density at radius 3 is 2.22 bits per heavy atom. The van der Waals surface area contributed by atoms with Gasteiger partial charge < -0.3 is 14.8 Å². The quantitative estimate of drug-likeness (QED) is 0.462. The molecule has 0 amide bonds. The van der Waals surface area contributed by atoms with Crippen LogP contribution in [0.2, 0.25) is 10.0 Å². The van der Waals surface area contributed by atoms with Crippen molar-refractivity contribution in [2.45, 2.75) is 20.1 Å². The van der Waals surface area contributed by atoms with E-state index in [2.05, 4.69) is 5.32 Å². The molecule has 1 N–H and O–H groups in total. The first-order valence-electron chi connectivity index (χ1n) is 8.76. The Morgan fingerprint density at radius 1 is 0.778 bits per heavy atom. The lowest BCUT2D eigenvalue weighted by Gasteiger charge is -2.14. The molecule has 3 rings (SSSR count). The summed E-state index contributed by atoms with van der Waals surface area (Å²) in [5.41, 5.74) is 3.06. The molecule has 3 nitrogen and oxygen atoms in total. The minimum atomic E-state index is 0.500. The molecule has 0 aliphatic heterocycles. The van der Waals surface area contributed by atoms with Crippen LogP contribution in [0.1, 0.15) is 18.1 Å². The molecule has 0 saturated carbocycles. The van der Waals surface area contributed by atoms with Crippen LogP contribution in [0, 0.1) is 0 Å². The van der Waals surface area contributed by atoms with Gasteiger partial charge in [-0.05, 0) is 48.4 Å². The van der Waals surface area contributed by atoms with Crippen LogP contribution in [-0.4, -0.2) is 6.61 Å². The van der Waals surface area contributed by atoms with E-state index in [1.54, 1.807) is 6.07 Å². The second kappa shape index (κ2) is 9.54. The number of hydrogen-bond acceptors (Lipinski definition) is 3. The Hall–Kier alpha value is -2.36. The second-order valence-corrected chi connectivity index (χ2v) is 6.87. The number of halogens is 2. The van der Waals surface area contributed by atoms with Gasteiger partial charge in [-0.15, -0.1) is 0 Å². The molecule has 0 fully saturated rings. The second-order valence-electron chi connectivity index (χ2n) is 6.00. The van der Waals surface area contributed by atoms with Gasteiger partial charge in [-0.1, -0.05) is 59.6 Å². The summed E-state index contributed by atoms with van der Waals surface area (Å²) in [5, 5.41) is 4.53. The predicted octanol–water partition coefficient (Wildman–Crippen LogP) is 6.58. The largest absolute Gasteiger partial charge is 0.490 e. The molecule has 140 valence electrons. The normalized spacial score (nSPS) is 10.5. The molecule has 0 aromatic heterocycles. The Balaban J connectivity index is 1.68. The molecule has 0 aliphatic carbocycles. The fourth-order valence-electron chi connectivity index (χ4n) is 2.65. The van der Waals surface area contributed by atoms with Gasteiger partial charge in [-0.25, -0.2) is 0 Å². The molecule has 0 radical (unpaired) electrons. The van der Waals surface area contributed by atoms with Gasteiger partial charge in [0.1, 0.15) is 6.61 Å². The summed E-state index contributed by atoms with van der Waals surface area (Å²) in [4.78, 5) is 0. The standard InChI is InChI=1S/C22H21Cl2NO2/c1-2-26-22-10-17(14-25-20-12-18(23)11-19(24)13-20)8-9-21(22)27-15-16-6-4-3-5-7-16/h3-13,25H,2,14-15H2,1H3. The summed E-state index contributed by atoms with van der Waals surface area (Å²) < 4.78 is 11.7. The highest BCUT2D eigenvalue weighted by Crippen LogP contribution is 2.30. The Bertz CT molecular complexity index is 864. The maximum atomic E-state index is 6.04. The Labute approximate surface area is 169 Å². The van der Waals surface area contributed by atoms with Gasteiger partial charge in [0.05, 0.1) is 6.61 Å². The van der Waals surface area contributed by atoms with Crippen molar-refractivity contribution in [3.8, 4) is 11.5 Å². The van der Waals surface area contributed by atoms with E-state index in [1.807, 2.05) is 67.6 Å². The molecule has 27 heavy (non-hydrogen) atoms. The molecule has 0 heterocycles. The first-order valence-corrected chi connectivity index (χ1v) is 9.52. The average molecular weight is 402 g/mol. The van der Waals surface area contributed by atoms with Crippen molar-refractivity contribution in [3.63, 3.8) is 0 Å². The third-order valence-corrected chi connectivity index (χ3v) is 4.34. The molecule has 0 saturated heterocycles. The van der Waals surface area contributed by atoms with E-state index in [-0.39, 0.29) is 0 Å². The number of rotatable bonds is 8. The summed E-state index contributed by atoms with van der Waals surface area (Å²) in [7, 11) is 0. The molecular weight excluding hydrogens is 381 g/mol. The highest BCUT2D eigenvalue weighted by atomic mass is 35.5. The van der Waals surface area contributed by atoms with Gasteiger partial charge in [-0.2, -0.15) is 0 Å². The van der Waals surface area contributed by atoms with Crippen LogP contribution < -0.4 is 14.8 Å². The molecule has 3 aromatic carbocycles. The maximum absolute atomic E-state index is 6.04. The molecule has 0 bridgehead atoms. The summed E-state index contributed by atoms with van der Waals surface area (Å²) in [5.74, 6) is 1.46. The zero-order valence-corrected chi connectivity index (χ0v) is 16.6. The first kappa shape index (κ1) is 19.4. The Kier molecular flexibility index (Phi) is 6.86. The van der Waals surface area contributed by atoms with Crippen molar-refractivity contribution in [2.24, 2.45) is 0 Å². The van der Waals surface area contributed by atoms with Crippen molar-refractivity contribution < 1.29 is 9.47 Å². The zero-order valence-electron chi connectivity index (χ0n) is 15.0. The lowest BCUT2D eigenvalue weighted by Crippen LogP contribution is -2.03. The monoisotopic (exact) mass is 401 g/mol. The third kappa shape index (κ3) is 5.81. The average Bonchev–Trinajstić information content (AvgIpc) is 2.66. The molecular formula is C22H21Cl2NO2. The molecule has 3 aromatic rings. The van der Waals surface area contributed by atoms with E-state index >= 15 is 0 Å². The van der Waals surface area contributed by atoms with Gasteiger partial charge in [0, 0.05) is 22.3 Å². The van der Waals surface area contributed by atoms with Crippen LogP contribution in [0.25, 0.3) is 0 Å². The molecule has 0 aliphatic rings. The van der Waals surface area contributed by atoms with Crippen molar-refractivity contribution >= 4 is 28.9 Å². The zero-order chi connectivity index (χ0) is 19.1. The van der Waals surface area contributed by atoms with Crippen LogP contribution >= 0.6 is 23.2 Å². The highest BCUT2D eigenvalue weighted by molar-refractivity contribution is 6.35. The first-order chi connectivity index (χ1) is 13.1. The summed E-state index contributed by atoms with van der Waals surface area (Å²) in [6, 6.07) is 21.4. The molecule has 0 spiro atoms. The van der Waals surface area contributed by atoms with Crippen LogP contribution in [-0.2, 0) is 13.2 Å². The van der Waals surface area contributed by atoms with Crippen LogP contribution in [0.3, 0.4) is 0 Å². The number of ether oxygens (including phenoxy) is 2. The van der Waals surface area contributed by atoms with E-state index in [0.717, 1.165) is 28.3 Å². The molecule has 0 unspecified atom stereocenters. The van der Waals surface area contributed by atoms with Gasteiger partial charge >= 0.3 is 0 Å². The van der Waals surface area contributed by atoms with E-state index < -0.39 is 0 Å². The fourth-order valence-corrected chi connectivity index (χ4v) is 3.17. The lowest BCUT2D eigenvalue weighted by atomic mass is 10.2. The number of anilines is 1. The lowest BCUT2D eigenvalue weighted by molar-refractivity contribution is 0.269. The van der Waals surface area contributed by atoms with Crippen molar-refractivity contribution in [1.29, 1.82) is 0 Å². The highest BCUT2D eigenvalue weighted by Gasteiger charge is 2.08. The van der Waals surface area contributed by atoms with Crippen molar-refractivity contribution in [1.82, 2.24) is 0 Å². The molecule has 0 atom stereocenters. The summed E-state index contributed by atoms with van der Waals surface area (Å²) in [6.07, 6.45) is 0. The predicted molar refractivity (Wildman–Crippen MR) is 112 cm³/mol. The number of hydrogen-bond donors (Lipinski definition) is 1. The third-order valence-electron chi connectivity index (χ3n) is 3.90. The number of benzene rings is 3. The summed E-state index contributed by atoms with van der Waals surface area (Å²) >= 11 is 12.1. The van der Waals surface area contributed by atoms with Crippen LogP contribution in [0.4, 0.5) is 5.69 Å². The van der Waals surface area contributed by atoms with Gasteiger partial charge in [-0.3, -0.25) is 0 Å².